The Hall–Kier alpha value is -1.77. The van der Waals surface area contributed by atoms with Crippen LogP contribution in [0.15, 0.2) is 35.0 Å². The number of hydrogen-bond acceptors (Lipinski definition) is 7. The van der Waals surface area contributed by atoms with E-state index >= 15 is 0 Å². The standard InChI is InChI=1S/C28H38N4O3.3ClH/c1-31(2)18-24-26(34-19-21-4-5-21)10-8-23-25(30-35-28(23)24)9-6-20-12-14-32(15-13-20)17-22-7-11-27(33-3)29-16-22;;;/h7-8,10-11,16,20-21H,4-6,9,12-15,17-19H2,1-3H3;3*1H. The number of rotatable bonds is 11. The van der Waals surface area contributed by atoms with Crippen molar-refractivity contribution < 1.29 is 14.0 Å². The molecule has 38 heavy (non-hydrogen) atoms. The summed E-state index contributed by atoms with van der Waals surface area (Å²) in [7, 11) is 5.82. The van der Waals surface area contributed by atoms with E-state index in [0.717, 1.165) is 85.4 Å². The first-order valence-corrected chi connectivity index (χ1v) is 13.0. The molecule has 0 unspecified atom stereocenters. The Bertz CT molecular complexity index is 1110. The number of likely N-dealkylation sites (tertiary alicyclic amines) is 1. The van der Waals surface area contributed by atoms with Crippen LogP contribution < -0.4 is 9.47 Å². The number of hydrogen-bond donors (Lipinski definition) is 0. The molecule has 0 bridgehead atoms. The highest BCUT2D eigenvalue weighted by molar-refractivity contribution is 5.86. The minimum Gasteiger partial charge on any atom is -0.493 e. The zero-order chi connectivity index (χ0) is 24.2. The lowest BCUT2D eigenvalue weighted by molar-refractivity contribution is 0.172. The van der Waals surface area contributed by atoms with Gasteiger partial charge in [0.25, 0.3) is 0 Å². The predicted molar refractivity (Wildman–Crippen MR) is 158 cm³/mol. The summed E-state index contributed by atoms with van der Waals surface area (Å²) >= 11 is 0. The van der Waals surface area contributed by atoms with Crippen LogP contribution in [0.4, 0.5) is 0 Å². The van der Waals surface area contributed by atoms with E-state index in [4.69, 9.17) is 14.0 Å². The maximum absolute atomic E-state index is 6.17. The molecule has 1 aliphatic carbocycles. The third-order valence-corrected chi connectivity index (χ3v) is 7.33. The van der Waals surface area contributed by atoms with Crippen molar-refractivity contribution in [3.63, 3.8) is 0 Å². The van der Waals surface area contributed by atoms with E-state index < -0.39 is 0 Å². The van der Waals surface area contributed by atoms with Gasteiger partial charge < -0.3 is 18.9 Å². The molecular formula is C28H41Cl3N4O3. The molecule has 0 spiro atoms. The summed E-state index contributed by atoms with van der Waals surface area (Å²) in [5.41, 5.74) is 4.34. The molecule has 10 heteroatoms. The molecule has 3 aromatic rings. The normalized spacial score (nSPS) is 16.0. The Morgan fingerprint density at radius 2 is 1.76 bits per heavy atom. The van der Waals surface area contributed by atoms with E-state index in [1.54, 1.807) is 7.11 Å². The molecule has 5 rings (SSSR count). The molecule has 0 atom stereocenters. The van der Waals surface area contributed by atoms with Crippen molar-refractivity contribution in [2.75, 3.05) is 40.9 Å². The fourth-order valence-electron chi connectivity index (χ4n) is 5.02. The van der Waals surface area contributed by atoms with E-state index in [9.17, 15) is 0 Å². The number of halogens is 3. The van der Waals surface area contributed by atoms with Crippen molar-refractivity contribution in [2.45, 2.75) is 51.6 Å². The lowest BCUT2D eigenvalue weighted by Gasteiger charge is -2.31. The van der Waals surface area contributed by atoms with Crippen LogP contribution >= 0.6 is 37.2 Å². The van der Waals surface area contributed by atoms with Gasteiger partial charge in [-0.25, -0.2) is 4.98 Å². The first-order valence-electron chi connectivity index (χ1n) is 13.0. The van der Waals surface area contributed by atoms with Crippen LogP contribution in [0.25, 0.3) is 11.0 Å². The highest BCUT2D eigenvalue weighted by atomic mass is 35.5. The molecule has 2 aliphatic rings. The number of methoxy groups -OCH3 is 1. The number of ether oxygens (including phenoxy) is 2. The molecule has 0 amide bonds. The van der Waals surface area contributed by atoms with E-state index in [0.29, 0.717) is 5.88 Å². The van der Waals surface area contributed by atoms with Crippen LogP contribution in [0.5, 0.6) is 11.6 Å². The molecule has 2 fully saturated rings. The zero-order valence-electron chi connectivity index (χ0n) is 22.6. The average molecular weight is 588 g/mol. The van der Waals surface area contributed by atoms with Crippen LogP contribution in [0.2, 0.25) is 0 Å². The SMILES string of the molecule is COc1ccc(CN2CCC(CCc3noc4c(CN(C)C)c(OCC5CC5)ccc34)CC2)cn1.Cl.Cl.Cl. The van der Waals surface area contributed by atoms with Gasteiger partial charge in [-0.3, -0.25) is 4.90 Å². The Balaban J connectivity index is 0.00000169. The summed E-state index contributed by atoms with van der Waals surface area (Å²) in [4.78, 5) is 9.03. The fraction of sp³-hybridized carbons (Fsp3) is 0.571. The van der Waals surface area contributed by atoms with E-state index in [1.807, 2.05) is 12.3 Å². The lowest BCUT2D eigenvalue weighted by atomic mass is 9.91. The molecule has 1 saturated heterocycles. The Labute approximate surface area is 244 Å². The molecule has 0 radical (unpaired) electrons. The molecule has 212 valence electrons. The van der Waals surface area contributed by atoms with Gasteiger partial charge >= 0.3 is 0 Å². The molecule has 0 N–H and O–H groups in total. The number of pyridine rings is 1. The Kier molecular flexibility index (Phi) is 12.9. The molecule has 7 nitrogen and oxygen atoms in total. The quantitative estimate of drug-likeness (QED) is 0.265. The average Bonchev–Trinajstić information content (AvgIpc) is 3.61. The van der Waals surface area contributed by atoms with Gasteiger partial charge in [0.05, 0.1) is 25.0 Å². The highest BCUT2D eigenvalue weighted by Gasteiger charge is 2.24. The first-order chi connectivity index (χ1) is 17.1. The second kappa shape index (κ2) is 15.1. The third kappa shape index (κ3) is 8.36. The summed E-state index contributed by atoms with van der Waals surface area (Å²) in [5.74, 6) is 3.07. The molecule has 3 heterocycles. The van der Waals surface area contributed by atoms with Crippen molar-refractivity contribution in [3.8, 4) is 11.6 Å². The lowest BCUT2D eigenvalue weighted by Crippen LogP contribution is -2.33. The molecule has 1 saturated carbocycles. The second-order valence-electron chi connectivity index (χ2n) is 10.5. The molecule has 1 aromatic carbocycles. The van der Waals surface area contributed by atoms with Gasteiger partial charge in [-0.15, -0.1) is 37.2 Å². The van der Waals surface area contributed by atoms with Crippen LogP contribution in [-0.2, 0) is 19.5 Å². The molecule has 2 aromatic heterocycles. The maximum Gasteiger partial charge on any atom is 0.212 e. The van der Waals surface area contributed by atoms with Crippen molar-refractivity contribution in [3.05, 3.63) is 47.3 Å². The van der Waals surface area contributed by atoms with Crippen LogP contribution in [0, 0.1) is 11.8 Å². The van der Waals surface area contributed by atoms with Crippen LogP contribution in [0.3, 0.4) is 0 Å². The number of benzene rings is 1. The largest absolute Gasteiger partial charge is 0.493 e. The Morgan fingerprint density at radius 1 is 1.00 bits per heavy atom. The third-order valence-electron chi connectivity index (χ3n) is 7.33. The van der Waals surface area contributed by atoms with Crippen molar-refractivity contribution >= 4 is 48.2 Å². The maximum atomic E-state index is 6.17. The van der Waals surface area contributed by atoms with Crippen molar-refractivity contribution in [2.24, 2.45) is 11.8 Å². The predicted octanol–water partition coefficient (Wildman–Crippen LogP) is 6.19. The van der Waals surface area contributed by atoms with Crippen LogP contribution in [0.1, 0.15) is 48.9 Å². The first kappa shape index (κ1) is 32.4. The summed E-state index contributed by atoms with van der Waals surface area (Å²) in [6.45, 7) is 4.81. The van der Waals surface area contributed by atoms with E-state index in [1.165, 1.54) is 31.2 Å². The molecule has 1 aliphatic heterocycles. The number of piperidine rings is 1. The monoisotopic (exact) mass is 586 g/mol. The molecular weight excluding hydrogens is 547 g/mol. The smallest absolute Gasteiger partial charge is 0.212 e. The highest BCUT2D eigenvalue weighted by Crippen LogP contribution is 2.35. The number of aryl methyl sites for hydroxylation is 1. The summed E-state index contributed by atoms with van der Waals surface area (Å²) in [5, 5.41) is 5.65. The van der Waals surface area contributed by atoms with Gasteiger partial charge in [0, 0.05) is 30.7 Å². The number of fused-ring (bicyclic) bond motifs is 1. The van der Waals surface area contributed by atoms with E-state index in [2.05, 4.69) is 52.2 Å². The Morgan fingerprint density at radius 3 is 2.39 bits per heavy atom. The van der Waals surface area contributed by atoms with Gasteiger partial charge in [0.2, 0.25) is 5.88 Å². The van der Waals surface area contributed by atoms with Crippen molar-refractivity contribution in [1.82, 2.24) is 19.9 Å². The van der Waals surface area contributed by atoms with Crippen LogP contribution in [-0.4, -0.2) is 60.8 Å². The zero-order valence-corrected chi connectivity index (χ0v) is 25.0. The van der Waals surface area contributed by atoms with Gasteiger partial charge in [-0.05, 0) is 95.2 Å². The van der Waals surface area contributed by atoms with Gasteiger partial charge in [-0.2, -0.15) is 0 Å². The van der Waals surface area contributed by atoms with Gasteiger partial charge in [0.1, 0.15) is 5.75 Å². The van der Waals surface area contributed by atoms with Gasteiger partial charge in [-0.1, -0.05) is 11.2 Å². The van der Waals surface area contributed by atoms with Gasteiger partial charge in [0.15, 0.2) is 5.58 Å². The summed E-state index contributed by atoms with van der Waals surface area (Å²) in [6.07, 6.45) is 9.07. The summed E-state index contributed by atoms with van der Waals surface area (Å²) < 4.78 is 17.2. The second-order valence-corrected chi connectivity index (χ2v) is 10.5. The van der Waals surface area contributed by atoms with Crippen molar-refractivity contribution in [1.29, 1.82) is 0 Å². The minimum absolute atomic E-state index is 0. The number of nitrogens with zero attached hydrogens (tertiary/aromatic N) is 4. The summed E-state index contributed by atoms with van der Waals surface area (Å²) in [6, 6.07) is 8.32. The topological polar surface area (TPSA) is 63.9 Å². The fourth-order valence-corrected chi connectivity index (χ4v) is 5.02. The minimum atomic E-state index is 0. The van der Waals surface area contributed by atoms with E-state index in [-0.39, 0.29) is 37.2 Å². The number of aromatic nitrogens is 2.